The average Bonchev–Trinajstić information content (AvgIpc) is 3.04. The molecule has 0 radical (unpaired) electrons. The van der Waals surface area contributed by atoms with Gasteiger partial charge >= 0.3 is 0 Å². The summed E-state index contributed by atoms with van der Waals surface area (Å²) in [5, 5.41) is 5.62. The Labute approximate surface area is 169 Å². The highest BCUT2D eigenvalue weighted by atomic mass is 127. The van der Waals surface area contributed by atoms with Crippen molar-refractivity contribution < 1.29 is 0 Å². The number of aliphatic imine (C=N–C) groups is 1. The van der Waals surface area contributed by atoms with Crippen molar-refractivity contribution in [2.45, 2.75) is 38.5 Å². The zero-order valence-corrected chi connectivity index (χ0v) is 18.9. The SMILES string of the molecule is CN=C(NCCCCCCCN(C)C)N(C)CCc1cccs1.I. The molecular weight excluding hydrogens is 431 g/mol. The van der Waals surface area contributed by atoms with Crippen LogP contribution in [0.4, 0.5) is 0 Å². The molecule has 0 atom stereocenters. The van der Waals surface area contributed by atoms with Gasteiger partial charge in [0, 0.05) is 32.1 Å². The van der Waals surface area contributed by atoms with Gasteiger partial charge in [0.25, 0.3) is 0 Å². The minimum absolute atomic E-state index is 0. The number of nitrogens with one attached hydrogen (secondary N) is 1. The van der Waals surface area contributed by atoms with Crippen LogP contribution >= 0.6 is 35.3 Å². The first kappa shape index (κ1) is 23.7. The number of guanidine groups is 1. The van der Waals surface area contributed by atoms with Gasteiger partial charge in [-0.1, -0.05) is 25.3 Å². The Morgan fingerprint density at radius 1 is 1.08 bits per heavy atom. The van der Waals surface area contributed by atoms with Gasteiger partial charge < -0.3 is 15.1 Å². The van der Waals surface area contributed by atoms with E-state index in [1.165, 1.54) is 43.5 Å². The van der Waals surface area contributed by atoms with Crippen LogP contribution in [0.15, 0.2) is 22.5 Å². The molecule has 0 aliphatic rings. The van der Waals surface area contributed by atoms with Crippen molar-refractivity contribution in [2.75, 3.05) is 47.8 Å². The number of unbranched alkanes of at least 4 members (excludes halogenated alkanes) is 4. The fourth-order valence-electron chi connectivity index (χ4n) is 2.51. The molecule has 4 nitrogen and oxygen atoms in total. The fraction of sp³-hybridized carbons (Fsp3) is 0.722. The van der Waals surface area contributed by atoms with Gasteiger partial charge in [-0.15, -0.1) is 35.3 Å². The number of hydrogen-bond acceptors (Lipinski definition) is 3. The number of likely N-dealkylation sites (N-methyl/N-ethyl adjacent to an activating group) is 1. The van der Waals surface area contributed by atoms with Crippen LogP contribution in [-0.4, -0.2) is 63.6 Å². The molecule has 0 aliphatic heterocycles. The Morgan fingerprint density at radius 3 is 2.42 bits per heavy atom. The molecule has 140 valence electrons. The van der Waals surface area contributed by atoms with Crippen LogP contribution in [0.25, 0.3) is 0 Å². The highest BCUT2D eigenvalue weighted by Crippen LogP contribution is 2.09. The number of thiophene rings is 1. The lowest BCUT2D eigenvalue weighted by atomic mass is 10.1. The summed E-state index contributed by atoms with van der Waals surface area (Å²) in [6.45, 7) is 3.23. The van der Waals surface area contributed by atoms with E-state index in [0.29, 0.717) is 0 Å². The highest BCUT2D eigenvalue weighted by Gasteiger charge is 2.05. The summed E-state index contributed by atoms with van der Waals surface area (Å²) >= 11 is 1.83. The minimum Gasteiger partial charge on any atom is -0.356 e. The quantitative estimate of drug-likeness (QED) is 0.232. The first-order valence-electron chi connectivity index (χ1n) is 8.72. The number of halogens is 1. The van der Waals surface area contributed by atoms with Crippen molar-refractivity contribution in [1.29, 1.82) is 0 Å². The summed E-state index contributed by atoms with van der Waals surface area (Å²) in [7, 11) is 8.27. The Balaban J connectivity index is 0.00000529. The van der Waals surface area contributed by atoms with Crippen molar-refractivity contribution in [3.05, 3.63) is 22.4 Å². The zero-order chi connectivity index (χ0) is 16.9. The van der Waals surface area contributed by atoms with Crippen LogP contribution in [0.1, 0.15) is 37.0 Å². The first-order chi connectivity index (χ1) is 11.1. The summed E-state index contributed by atoms with van der Waals surface area (Å²) in [4.78, 5) is 10.3. The van der Waals surface area contributed by atoms with Crippen LogP contribution in [0.5, 0.6) is 0 Å². The molecule has 6 heteroatoms. The maximum absolute atomic E-state index is 4.38. The molecule has 1 heterocycles. The van der Waals surface area contributed by atoms with Crippen LogP contribution in [-0.2, 0) is 6.42 Å². The lowest BCUT2D eigenvalue weighted by molar-refractivity contribution is 0.389. The van der Waals surface area contributed by atoms with Gasteiger partial charge in [-0.3, -0.25) is 4.99 Å². The van der Waals surface area contributed by atoms with E-state index in [1.807, 2.05) is 18.4 Å². The van der Waals surface area contributed by atoms with Crippen LogP contribution in [0, 0.1) is 0 Å². The highest BCUT2D eigenvalue weighted by molar-refractivity contribution is 14.0. The molecule has 0 fully saturated rings. The second kappa shape index (κ2) is 15.0. The van der Waals surface area contributed by atoms with Gasteiger partial charge in [-0.25, -0.2) is 0 Å². The average molecular weight is 466 g/mol. The van der Waals surface area contributed by atoms with E-state index < -0.39 is 0 Å². The maximum Gasteiger partial charge on any atom is 0.193 e. The number of rotatable bonds is 11. The van der Waals surface area contributed by atoms with Crippen LogP contribution in [0.2, 0.25) is 0 Å². The third-order valence-electron chi connectivity index (χ3n) is 3.91. The van der Waals surface area contributed by atoms with Gasteiger partial charge in [0.1, 0.15) is 0 Å². The van der Waals surface area contributed by atoms with Gasteiger partial charge in [0.2, 0.25) is 0 Å². The van der Waals surface area contributed by atoms with E-state index >= 15 is 0 Å². The minimum atomic E-state index is 0. The monoisotopic (exact) mass is 466 g/mol. The van der Waals surface area contributed by atoms with Gasteiger partial charge in [-0.05, 0) is 51.3 Å². The third-order valence-corrected chi connectivity index (χ3v) is 4.85. The summed E-state index contributed by atoms with van der Waals surface area (Å²) in [5.74, 6) is 1.01. The number of hydrogen-bond donors (Lipinski definition) is 1. The third kappa shape index (κ3) is 11.3. The molecule has 1 aromatic heterocycles. The van der Waals surface area contributed by atoms with Gasteiger partial charge in [0.05, 0.1) is 0 Å². The standard InChI is InChI=1S/C18H34N4S.HI/c1-19-18(22(4)15-12-17-11-10-16-23-17)20-13-8-6-5-7-9-14-21(2)3;/h10-11,16H,5-9,12-15H2,1-4H3,(H,19,20);1H. The molecule has 0 saturated heterocycles. The second-order valence-corrected chi connectivity index (χ2v) is 7.33. The van der Waals surface area contributed by atoms with E-state index in [9.17, 15) is 0 Å². The molecule has 0 amide bonds. The molecule has 0 bridgehead atoms. The number of nitrogens with zero attached hydrogens (tertiary/aromatic N) is 3. The molecule has 0 spiro atoms. The Kier molecular flexibility index (Phi) is 14.7. The lowest BCUT2D eigenvalue weighted by Crippen LogP contribution is -2.40. The normalized spacial score (nSPS) is 11.5. The molecule has 0 saturated carbocycles. The van der Waals surface area contributed by atoms with Crippen molar-refractivity contribution in [2.24, 2.45) is 4.99 Å². The second-order valence-electron chi connectivity index (χ2n) is 6.30. The van der Waals surface area contributed by atoms with Crippen molar-refractivity contribution in [3.63, 3.8) is 0 Å². The van der Waals surface area contributed by atoms with E-state index in [1.54, 1.807) is 0 Å². The zero-order valence-electron chi connectivity index (χ0n) is 15.8. The first-order valence-corrected chi connectivity index (χ1v) is 9.60. The molecule has 1 rings (SSSR count). The van der Waals surface area contributed by atoms with Crippen molar-refractivity contribution >= 4 is 41.3 Å². The summed E-state index contributed by atoms with van der Waals surface area (Å²) in [6, 6.07) is 4.32. The summed E-state index contributed by atoms with van der Waals surface area (Å²) in [6.07, 6.45) is 7.60. The molecule has 1 aromatic rings. The Morgan fingerprint density at radius 2 is 1.79 bits per heavy atom. The topological polar surface area (TPSA) is 30.9 Å². The predicted octanol–water partition coefficient (Wildman–Crippen LogP) is 3.93. The molecule has 0 aliphatic carbocycles. The van der Waals surface area contributed by atoms with Crippen molar-refractivity contribution in [3.8, 4) is 0 Å². The smallest absolute Gasteiger partial charge is 0.193 e. The Bertz CT molecular complexity index is 421. The van der Waals surface area contributed by atoms with Gasteiger partial charge in [0.15, 0.2) is 5.96 Å². The van der Waals surface area contributed by atoms with E-state index in [2.05, 4.69) is 58.8 Å². The maximum atomic E-state index is 4.38. The fourth-order valence-corrected chi connectivity index (χ4v) is 3.21. The van der Waals surface area contributed by atoms with E-state index in [4.69, 9.17) is 0 Å². The summed E-state index contributed by atoms with van der Waals surface area (Å²) < 4.78 is 0. The largest absolute Gasteiger partial charge is 0.356 e. The lowest BCUT2D eigenvalue weighted by Gasteiger charge is -2.21. The molecular formula is C18H35IN4S. The molecule has 0 aromatic carbocycles. The Hall–Kier alpha value is -0.340. The molecule has 1 N–H and O–H groups in total. The van der Waals surface area contributed by atoms with Crippen molar-refractivity contribution in [1.82, 2.24) is 15.1 Å². The summed E-state index contributed by atoms with van der Waals surface area (Å²) in [5.41, 5.74) is 0. The molecule has 0 unspecified atom stereocenters. The van der Waals surface area contributed by atoms with Crippen LogP contribution < -0.4 is 5.32 Å². The predicted molar refractivity (Wildman–Crippen MR) is 119 cm³/mol. The van der Waals surface area contributed by atoms with Crippen LogP contribution in [0.3, 0.4) is 0 Å². The van der Waals surface area contributed by atoms with Gasteiger partial charge in [-0.2, -0.15) is 0 Å². The molecule has 24 heavy (non-hydrogen) atoms. The van der Waals surface area contributed by atoms with E-state index in [0.717, 1.165) is 25.5 Å². The van der Waals surface area contributed by atoms with E-state index in [-0.39, 0.29) is 24.0 Å².